The molecule has 3 aromatic carbocycles. The Morgan fingerprint density at radius 1 is 0.806 bits per heavy atom. The zero-order valence-electron chi connectivity index (χ0n) is 35.9. The molecule has 316 valence electrons. The number of nitrogens with one attached hydrogen (secondary N) is 2. The summed E-state index contributed by atoms with van der Waals surface area (Å²) in [4.78, 5) is 57.5. The van der Waals surface area contributed by atoms with E-state index in [4.69, 9.17) is 10.1 Å². The van der Waals surface area contributed by atoms with Crippen LogP contribution >= 0.6 is 0 Å². The smallest absolute Gasteiger partial charge is 0.303 e. The molecule has 1 aliphatic rings. The lowest BCUT2D eigenvalue weighted by molar-refractivity contribution is -0.137. The number of allylic oxidation sites excluding steroid dienone is 7. The van der Waals surface area contributed by atoms with Crippen molar-refractivity contribution in [3.63, 3.8) is 0 Å². The molecular formula is C51H52N6O5. The van der Waals surface area contributed by atoms with Crippen molar-refractivity contribution >= 4 is 69.1 Å². The number of aliphatic imine (C=N–C) groups is 1. The molecule has 4 heterocycles. The van der Waals surface area contributed by atoms with Gasteiger partial charge in [0.25, 0.3) is 0 Å². The van der Waals surface area contributed by atoms with E-state index in [0.717, 1.165) is 34.0 Å². The zero-order chi connectivity index (χ0) is 44.6. The molecule has 0 spiro atoms. The topological polar surface area (TPSA) is 148 Å². The number of carbonyl (C=O) groups is 2. The Hall–Kier alpha value is -7.66. The lowest BCUT2D eigenvalue weighted by atomic mass is 10.0. The molecule has 7 rings (SSSR count). The van der Waals surface area contributed by atoms with Crippen LogP contribution < -0.4 is 21.5 Å². The third-order valence-electron chi connectivity index (χ3n) is 9.54. The van der Waals surface area contributed by atoms with Crippen LogP contribution in [0.2, 0.25) is 0 Å². The molecule has 1 aliphatic heterocycles. The quantitative estimate of drug-likeness (QED) is 0.0816. The largest absolute Gasteiger partial charge is 0.481 e. The third-order valence-corrected chi connectivity index (χ3v) is 9.54. The highest BCUT2D eigenvalue weighted by atomic mass is 16.4. The summed E-state index contributed by atoms with van der Waals surface area (Å²) in [5, 5.41) is 16.0. The van der Waals surface area contributed by atoms with E-state index >= 15 is 0 Å². The third kappa shape index (κ3) is 11.5. The monoisotopic (exact) mass is 828 g/mol. The number of nitrogens with zero attached hydrogens (tertiary/aromatic N) is 4. The fourth-order valence-corrected chi connectivity index (χ4v) is 6.62. The molecule has 62 heavy (non-hydrogen) atoms. The maximum atomic E-state index is 13.0. The van der Waals surface area contributed by atoms with Crippen molar-refractivity contribution in [2.45, 2.75) is 54.4 Å². The number of para-hydroxylation sites is 3. The number of benzene rings is 3. The van der Waals surface area contributed by atoms with E-state index in [2.05, 4.69) is 15.6 Å². The van der Waals surface area contributed by atoms with E-state index in [0.29, 0.717) is 40.5 Å². The van der Waals surface area contributed by atoms with Crippen molar-refractivity contribution in [2.24, 2.45) is 10.9 Å². The van der Waals surface area contributed by atoms with Gasteiger partial charge in [-0.1, -0.05) is 98.8 Å². The molecule has 6 aromatic rings. The van der Waals surface area contributed by atoms with Crippen molar-refractivity contribution in [3.8, 4) is 5.69 Å². The number of rotatable bonds is 12. The van der Waals surface area contributed by atoms with E-state index in [9.17, 15) is 19.2 Å². The summed E-state index contributed by atoms with van der Waals surface area (Å²) in [7, 11) is 0. The second-order valence-corrected chi connectivity index (χ2v) is 13.9. The number of anilines is 4. The first-order valence-electron chi connectivity index (χ1n) is 20.5. The standard InChI is InChI=1S/C26H23N3O2.C23H23N3O3.C2H6/c1-18(30)13-14-20-15-16-23-24(31)17-25(28-21-9-5-3-6-10-21)29(26(23)27-19(20)2)22-11-7-4-8-12-22;1-3-8-18(4-2)26-21(25-17-9-6-5-7-10-17)14-20(27)19-13-16(11-12-22(28)29)15-24-23(19)26;1-2/h3-17,20,28H,1-2H3;3-10,13-15,25H,11-12H2,1-2H3,(H,28,29);1-2H3/b14-13+;8-3-,18-4+;. The van der Waals surface area contributed by atoms with Gasteiger partial charge in [-0.05, 0) is 94.3 Å². The van der Waals surface area contributed by atoms with E-state index in [1.54, 1.807) is 30.5 Å². The average Bonchev–Trinajstić information content (AvgIpc) is 3.44. The summed E-state index contributed by atoms with van der Waals surface area (Å²) in [6, 6.07) is 34.0. The van der Waals surface area contributed by atoms with Crippen LogP contribution in [-0.4, -0.2) is 36.7 Å². The van der Waals surface area contributed by atoms with Crippen LogP contribution in [0.3, 0.4) is 0 Å². The molecule has 1 atom stereocenters. The number of carbonyl (C=O) groups excluding carboxylic acids is 1. The number of carboxylic acids is 1. The highest BCUT2D eigenvalue weighted by Gasteiger charge is 2.20. The minimum absolute atomic E-state index is 0.00624. The van der Waals surface area contributed by atoms with Crippen LogP contribution in [0.1, 0.15) is 59.1 Å². The Balaban J connectivity index is 0.000000226. The Morgan fingerprint density at radius 2 is 1.40 bits per heavy atom. The van der Waals surface area contributed by atoms with Gasteiger partial charge in [-0.15, -0.1) is 0 Å². The van der Waals surface area contributed by atoms with Gasteiger partial charge in [-0.2, -0.15) is 0 Å². The molecule has 11 nitrogen and oxygen atoms in total. The summed E-state index contributed by atoms with van der Waals surface area (Å²) < 4.78 is 3.85. The first-order chi connectivity index (χ1) is 30.1. The number of carboxylic acid groups (broad SMARTS) is 1. The Morgan fingerprint density at radius 3 is 1.98 bits per heavy atom. The molecular weight excluding hydrogens is 777 g/mol. The SMILES string of the molecule is C/C=C\C(=C/C)n1c(Nc2ccccc2)cc(=O)c2cc(CCC(=O)O)cnc21.CC.CC(=O)/C=C/C1C=Cc2c(n(-c3ccccc3)c(Nc3ccccc3)cc2=O)N=C1C. The predicted octanol–water partition coefficient (Wildman–Crippen LogP) is 11.1. The molecule has 1 unspecified atom stereocenters. The number of pyridine rings is 3. The predicted molar refractivity (Wildman–Crippen MR) is 255 cm³/mol. The summed E-state index contributed by atoms with van der Waals surface area (Å²) in [6.07, 6.45) is 14.8. The zero-order valence-corrected chi connectivity index (χ0v) is 35.9. The minimum Gasteiger partial charge on any atom is -0.481 e. The number of aromatic nitrogens is 3. The molecule has 0 saturated carbocycles. The van der Waals surface area contributed by atoms with Gasteiger partial charge in [-0.25, -0.2) is 9.98 Å². The van der Waals surface area contributed by atoms with Crippen LogP contribution in [0.15, 0.2) is 166 Å². The number of aliphatic carboxylic acids is 1. The van der Waals surface area contributed by atoms with Gasteiger partial charge in [0, 0.05) is 59.1 Å². The van der Waals surface area contributed by atoms with E-state index in [1.807, 2.05) is 165 Å². The lowest BCUT2D eigenvalue weighted by Gasteiger charge is -2.19. The maximum absolute atomic E-state index is 13.0. The molecule has 0 radical (unpaired) electrons. The van der Waals surface area contributed by atoms with Gasteiger partial charge in [0.15, 0.2) is 16.6 Å². The molecule has 0 saturated heterocycles. The average molecular weight is 829 g/mol. The van der Waals surface area contributed by atoms with Gasteiger partial charge < -0.3 is 15.7 Å². The van der Waals surface area contributed by atoms with Crippen LogP contribution in [0, 0.1) is 5.92 Å². The van der Waals surface area contributed by atoms with Gasteiger partial charge >= 0.3 is 5.97 Å². The van der Waals surface area contributed by atoms with Crippen molar-refractivity contribution in [2.75, 3.05) is 10.6 Å². The number of aryl methyl sites for hydroxylation is 1. The minimum atomic E-state index is -0.880. The van der Waals surface area contributed by atoms with Gasteiger partial charge in [-0.3, -0.25) is 28.3 Å². The Kier molecular flexibility index (Phi) is 16.2. The number of ketones is 1. The molecule has 11 heteroatoms. The van der Waals surface area contributed by atoms with Crippen molar-refractivity contribution < 1.29 is 14.7 Å². The summed E-state index contributed by atoms with van der Waals surface area (Å²) in [5.74, 6) is 0.722. The first kappa shape index (κ1) is 45.4. The second kappa shape index (κ2) is 22.1. The molecule has 0 amide bonds. The second-order valence-electron chi connectivity index (χ2n) is 13.9. The molecule has 0 aliphatic carbocycles. The van der Waals surface area contributed by atoms with Gasteiger partial charge in [0.1, 0.15) is 23.1 Å². The normalized spacial score (nSPS) is 13.3. The lowest BCUT2D eigenvalue weighted by Crippen LogP contribution is -2.14. The summed E-state index contributed by atoms with van der Waals surface area (Å²) >= 11 is 0. The highest BCUT2D eigenvalue weighted by Crippen LogP contribution is 2.32. The van der Waals surface area contributed by atoms with Crippen LogP contribution in [0.4, 0.5) is 28.8 Å². The van der Waals surface area contributed by atoms with E-state index in [1.165, 1.54) is 13.0 Å². The number of fused-ring (bicyclic) bond motifs is 2. The van der Waals surface area contributed by atoms with E-state index in [-0.39, 0.29) is 29.0 Å². The molecule has 3 N–H and O–H groups in total. The Bertz CT molecular complexity index is 2780. The molecule has 0 bridgehead atoms. The molecule has 3 aromatic heterocycles. The van der Waals surface area contributed by atoms with Crippen LogP contribution in [0.25, 0.3) is 28.5 Å². The Labute approximate surface area is 361 Å². The van der Waals surface area contributed by atoms with Crippen molar-refractivity contribution in [1.82, 2.24) is 14.1 Å². The van der Waals surface area contributed by atoms with Crippen LogP contribution in [0.5, 0.6) is 0 Å². The summed E-state index contributed by atoms with van der Waals surface area (Å²) in [6.45, 7) is 11.3. The summed E-state index contributed by atoms with van der Waals surface area (Å²) in [5.41, 5.74) is 5.74. The van der Waals surface area contributed by atoms with Crippen molar-refractivity contribution in [1.29, 1.82) is 0 Å². The van der Waals surface area contributed by atoms with Gasteiger partial charge in [0.2, 0.25) is 0 Å². The number of hydrogen-bond acceptors (Lipinski definition) is 8. The van der Waals surface area contributed by atoms with Gasteiger partial charge in [0.05, 0.1) is 10.9 Å². The van der Waals surface area contributed by atoms with Crippen molar-refractivity contribution in [3.05, 3.63) is 183 Å². The molecule has 0 fully saturated rings. The fraction of sp³-hybridized carbons (Fsp3) is 0.176. The highest BCUT2D eigenvalue weighted by molar-refractivity contribution is 5.95. The number of hydrogen-bond donors (Lipinski definition) is 3. The fourth-order valence-electron chi connectivity index (χ4n) is 6.62. The van der Waals surface area contributed by atoms with E-state index < -0.39 is 5.97 Å². The first-order valence-corrected chi connectivity index (χ1v) is 20.5. The van der Waals surface area contributed by atoms with Crippen LogP contribution in [-0.2, 0) is 16.0 Å². The maximum Gasteiger partial charge on any atom is 0.303 e.